The molecule has 0 saturated carbocycles. The maximum Gasteiger partial charge on any atom is 0.191 e. The highest BCUT2D eigenvalue weighted by Gasteiger charge is 2.02. The van der Waals surface area contributed by atoms with Gasteiger partial charge >= 0.3 is 0 Å². The van der Waals surface area contributed by atoms with Crippen LogP contribution in [0.3, 0.4) is 0 Å². The van der Waals surface area contributed by atoms with Crippen LogP contribution in [-0.2, 0) is 13.0 Å². The Balaban J connectivity index is 0.00000261. The van der Waals surface area contributed by atoms with Crippen molar-refractivity contribution in [2.75, 3.05) is 19.6 Å². The van der Waals surface area contributed by atoms with E-state index in [0.717, 1.165) is 55.7 Å². The van der Waals surface area contributed by atoms with Crippen LogP contribution in [0.15, 0.2) is 46.9 Å². The number of guanidine groups is 1. The Hall–Kier alpha value is -1.61. The van der Waals surface area contributed by atoms with Gasteiger partial charge in [0.05, 0.1) is 10.7 Å². The molecule has 0 aliphatic carbocycles. The predicted octanol–water partition coefficient (Wildman–Crippen LogP) is 4.21. The maximum atomic E-state index is 4.69. The number of para-hydroxylation sites is 1. The van der Waals surface area contributed by atoms with Crippen LogP contribution in [0.1, 0.15) is 24.0 Å². The van der Waals surface area contributed by atoms with Crippen LogP contribution in [0.4, 0.5) is 0 Å². The molecule has 3 rings (SSSR count). The summed E-state index contributed by atoms with van der Waals surface area (Å²) in [6.07, 6.45) is 4.10. The molecule has 0 fully saturated rings. The molecule has 2 N–H and O–H groups in total. The minimum Gasteiger partial charge on any atom is -0.357 e. The van der Waals surface area contributed by atoms with Crippen molar-refractivity contribution >= 4 is 52.2 Å². The molecule has 0 amide bonds. The summed E-state index contributed by atoms with van der Waals surface area (Å²) in [5, 5.41) is 11.3. The third kappa shape index (κ3) is 6.49. The quantitative estimate of drug-likeness (QED) is 0.212. The standard InChI is InChI=1S/C20H27N5S.HI/c1-3-21-20(23-12-9-18-15-26-16(2)24-18)22-11-6-13-25-14-10-17-7-4-5-8-19(17)25;/h4-5,7-8,10,14-15H,3,6,9,11-13H2,1-2H3,(H2,21,22,23);1H. The van der Waals surface area contributed by atoms with Crippen LogP contribution in [0.25, 0.3) is 10.9 Å². The SMILES string of the molecule is CCNC(=NCCCn1ccc2ccccc21)NCCc1csc(C)n1.I. The summed E-state index contributed by atoms with van der Waals surface area (Å²) in [6.45, 7) is 7.63. The van der Waals surface area contributed by atoms with Crippen LogP contribution in [0, 0.1) is 6.92 Å². The Morgan fingerprint density at radius 2 is 2.07 bits per heavy atom. The molecule has 0 bridgehead atoms. The van der Waals surface area contributed by atoms with E-state index in [0.29, 0.717) is 0 Å². The lowest BCUT2D eigenvalue weighted by Gasteiger charge is -2.11. The Kier molecular flexibility index (Phi) is 9.06. The maximum absolute atomic E-state index is 4.69. The average molecular weight is 497 g/mol. The zero-order valence-corrected chi connectivity index (χ0v) is 19.1. The molecule has 5 nitrogen and oxygen atoms in total. The third-order valence-electron chi connectivity index (χ3n) is 4.19. The first-order valence-corrected chi connectivity index (χ1v) is 10.1. The van der Waals surface area contributed by atoms with Gasteiger partial charge in [0.2, 0.25) is 0 Å². The van der Waals surface area contributed by atoms with Crippen LogP contribution in [-0.4, -0.2) is 35.1 Å². The number of rotatable bonds is 8. The fraction of sp³-hybridized carbons (Fsp3) is 0.400. The Bertz CT molecular complexity index is 855. The Labute approximate surface area is 182 Å². The largest absolute Gasteiger partial charge is 0.357 e. The number of fused-ring (bicyclic) bond motifs is 1. The molecular formula is C20H28IN5S. The topological polar surface area (TPSA) is 54.2 Å². The van der Waals surface area contributed by atoms with E-state index in [1.165, 1.54) is 10.9 Å². The average Bonchev–Trinajstić information content (AvgIpc) is 3.25. The van der Waals surface area contributed by atoms with E-state index in [-0.39, 0.29) is 24.0 Å². The van der Waals surface area contributed by atoms with E-state index in [2.05, 4.69) is 69.0 Å². The second kappa shape index (κ2) is 11.3. The molecule has 7 heteroatoms. The molecule has 0 atom stereocenters. The number of halogens is 1. The highest BCUT2D eigenvalue weighted by molar-refractivity contribution is 14.0. The molecule has 0 spiro atoms. The number of benzene rings is 1. The van der Waals surface area contributed by atoms with Crippen LogP contribution >= 0.6 is 35.3 Å². The number of hydrogen-bond acceptors (Lipinski definition) is 3. The number of aliphatic imine (C=N–C) groups is 1. The van der Waals surface area contributed by atoms with Crippen molar-refractivity contribution in [2.24, 2.45) is 4.99 Å². The van der Waals surface area contributed by atoms with Crippen molar-refractivity contribution in [1.29, 1.82) is 0 Å². The van der Waals surface area contributed by atoms with Gasteiger partial charge in [-0.2, -0.15) is 0 Å². The van der Waals surface area contributed by atoms with Gasteiger partial charge in [0.1, 0.15) is 0 Å². The van der Waals surface area contributed by atoms with Gasteiger partial charge < -0.3 is 15.2 Å². The Morgan fingerprint density at radius 3 is 2.85 bits per heavy atom. The monoisotopic (exact) mass is 497 g/mol. The van der Waals surface area contributed by atoms with Gasteiger partial charge in [0, 0.05) is 49.7 Å². The lowest BCUT2D eigenvalue weighted by Crippen LogP contribution is -2.38. The first-order chi connectivity index (χ1) is 12.8. The van der Waals surface area contributed by atoms with Gasteiger partial charge in [-0.05, 0) is 37.8 Å². The molecule has 2 heterocycles. The van der Waals surface area contributed by atoms with Gasteiger partial charge in [0.25, 0.3) is 0 Å². The van der Waals surface area contributed by atoms with Crippen molar-refractivity contribution < 1.29 is 0 Å². The fourth-order valence-electron chi connectivity index (χ4n) is 2.94. The number of thiazole rings is 1. The number of hydrogen-bond donors (Lipinski definition) is 2. The second-order valence-electron chi connectivity index (χ2n) is 6.22. The molecule has 0 aliphatic rings. The number of aromatic nitrogens is 2. The number of aryl methyl sites for hydroxylation is 2. The lowest BCUT2D eigenvalue weighted by molar-refractivity contribution is 0.666. The lowest BCUT2D eigenvalue weighted by atomic mass is 10.2. The van der Waals surface area contributed by atoms with Crippen LogP contribution < -0.4 is 10.6 Å². The minimum absolute atomic E-state index is 0. The normalized spacial score (nSPS) is 11.4. The van der Waals surface area contributed by atoms with Crippen molar-refractivity contribution in [3.8, 4) is 0 Å². The summed E-state index contributed by atoms with van der Waals surface area (Å²) in [7, 11) is 0. The summed E-state index contributed by atoms with van der Waals surface area (Å²) in [4.78, 5) is 9.19. The third-order valence-corrected chi connectivity index (χ3v) is 5.01. The highest BCUT2D eigenvalue weighted by Crippen LogP contribution is 2.15. The van der Waals surface area contributed by atoms with E-state index < -0.39 is 0 Å². The van der Waals surface area contributed by atoms with Crippen molar-refractivity contribution in [2.45, 2.75) is 33.2 Å². The molecule has 0 radical (unpaired) electrons. The second-order valence-corrected chi connectivity index (χ2v) is 7.28. The zero-order valence-electron chi connectivity index (χ0n) is 15.9. The number of nitrogens with one attached hydrogen (secondary N) is 2. The van der Waals surface area contributed by atoms with E-state index in [1.807, 2.05) is 6.92 Å². The van der Waals surface area contributed by atoms with Crippen molar-refractivity contribution in [3.05, 3.63) is 52.6 Å². The summed E-state index contributed by atoms with van der Waals surface area (Å²) in [5.74, 6) is 0.886. The molecule has 2 aromatic heterocycles. The first kappa shape index (κ1) is 21.7. The number of nitrogens with zero attached hydrogens (tertiary/aromatic N) is 3. The van der Waals surface area contributed by atoms with Crippen LogP contribution in [0.2, 0.25) is 0 Å². The molecule has 146 valence electrons. The fourth-order valence-corrected chi connectivity index (χ4v) is 3.59. The minimum atomic E-state index is 0. The summed E-state index contributed by atoms with van der Waals surface area (Å²) >= 11 is 1.70. The highest BCUT2D eigenvalue weighted by atomic mass is 127. The molecule has 0 saturated heterocycles. The van der Waals surface area contributed by atoms with Crippen molar-refractivity contribution in [3.63, 3.8) is 0 Å². The summed E-state index contributed by atoms with van der Waals surface area (Å²) in [5.41, 5.74) is 2.44. The van der Waals surface area contributed by atoms with E-state index >= 15 is 0 Å². The first-order valence-electron chi connectivity index (χ1n) is 9.23. The molecular weight excluding hydrogens is 469 g/mol. The van der Waals surface area contributed by atoms with Gasteiger partial charge in [0.15, 0.2) is 5.96 Å². The summed E-state index contributed by atoms with van der Waals surface area (Å²) in [6, 6.07) is 10.7. The smallest absolute Gasteiger partial charge is 0.191 e. The van der Waals surface area contributed by atoms with E-state index in [4.69, 9.17) is 4.99 Å². The molecule has 27 heavy (non-hydrogen) atoms. The van der Waals surface area contributed by atoms with E-state index in [1.54, 1.807) is 11.3 Å². The van der Waals surface area contributed by atoms with Crippen LogP contribution in [0.5, 0.6) is 0 Å². The van der Waals surface area contributed by atoms with Gasteiger partial charge in [-0.25, -0.2) is 4.98 Å². The van der Waals surface area contributed by atoms with Gasteiger partial charge in [-0.3, -0.25) is 4.99 Å². The van der Waals surface area contributed by atoms with Gasteiger partial charge in [-0.15, -0.1) is 35.3 Å². The molecule has 0 unspecified atom stereocenters. The zero-order chi connectivity index (χ0) is 18.2. The molecule has 0 aliphatic heterocycles. The molecule has 3 aromatic rings. The molecule has 1 aromatic carbocycles. The van der Waals surface area contributed by atoms with Gasteiger partial charge in [-0.1, -0.05) is 18.2 Å². The van der Waals surface area contributed by atoms with Crippen molar-refractivity contribution in [1.82, 2.24) is 20.2 Å². The Morgan fingerprint density at radius 1 is 1.22 bits per heavy atom. The summed E-state index contributed by atoms with van der Waals surface area (Å²) < 4.78 is 2.30. The van der Waals surface area contributed by atoms with E-state index in [9.17, 15) is 0 Å². The predicted molar refractivity (Wildman–Crippen MR) is 127 cm³/mol.